The van der Waals surface area contributed by atoms with Gasteiger partial charge in [-0.25, -0.2) is 8.78 Å². The third kappa shape index (κ3) is 2.69. The van der Waals surface area contributed by atoms with Gasteiger partial charge in [-0.05, 0) is 31.0 Å². The Morgan fingerprint density at radius 3 is 2.43 bits per heavy atom. The van der Waals surface area contributed by atoms with Crippen molar-refractivity contribution in [1.29, 1.82) is 0 Å². The zero-order valence-electron chi connectivity index (χ0n) is 8.48. The highest BCUT2D eigenvalue weighted by Gasteiger charge is 2.07. The molecule has 0 bridgehead atoms. The molecule has 0 aliphatic carbocycles. The maximum absolute atomic E-state index is 13.2. The topological polar surface area (TPSA) is 12.0 Å². The van der Waals surface area contributed by atoms with Crippen LogP contribution in [0.5, 0.6) is 0 Å². The van der Waals surface area contributed by atoms with Crippen LogP contribution in [0.1, 0.15) is 26.7 Å². The number of benzene rings is 1. The molecule has 0 aromatic heterocycles. The summed E-state index contributed by atoms with van der Waals surface area (Å²) in [6, 6.07) is 3.65. The molecule has 1 aromatic carbocycles. The zero-order valence-corrected chi connectivity index (χ0v) is 8.48. The molecule has 0 radical (unpaired) electrons. The fraction of sp³-hybridized carbons (Fsp3) is 0.455. The van der Waals surface area contributed by atoms with Crippen LogP contribution in [0, 0.1) is 11.6 Å². The Bertz CT molecular complexity index is 295. The summed E-state index contributed by atoms with van der Waals surface area (Å²) in [4.78, 5) is 0. The molecule has 0 heterocycles. The fourth-order valence-corrected chi connectivity index (χ4v) is 1.32. The van der Waals surface area contributed by atoms with Gasteiger partial charge in [0.05, 0.1) is 5.69 Å². The lowest BCUT2D eigenvalue weighted by molar-refractivity contribution is 0.594. The Hall–Kier alpha value is -1.12. The van der Waals surface area contributed by atoms with Crippen molar-refractivity contribution >= 4 is 5.69 Å². The van der Waals surface area contributed by atoms with E-state index in [1.807, 2.05) is 13.8 Å². The van der Waals surface area contributed by atoms with Crippen molar-refractivity contribution in [2.45, 2.75) is 32.7 Å². The van der Waals surface area contributed by atoms with Crippen molar-refractivity contribution < 1.29 is 8.78 Å². The smallest absolute Gasteiger partial charge is 0.146 e. The minimum Gasteiger partial charge on any atom is -0.380 e. The van der Waals surface area contributed by atoms with Crippen LogP contribution >= 0.6 is 0 Å². The van der Waals surface area contributed by atoms with E-state index in [-0.39, 0.29) is 11.7 Å². The van der Waals surface area contributed by atoms with E-state index in [4.69, 9.17) is 0 Å². The molecule has 0 spiro atoms. The first-order valence-corrected chi connectivity index (χ1v) is 4.89. The molecule has 1 N–H and O–H groups in total. The molecule has 0 aliphatic rings. The molecule has 0 saturated heterocycles. The van der Waals surface area contributed by atoms with Gasteiger partial charge >= 0.3 is 0 Å². The number of hydrogen-bond donors (Lipinski definition) is 1. The zero-order chi connectivity index (χ0) is 10.6. The second-order valence-electron chi connectivity index (χ2n) is 3.28. The van der Waals surface area contributed by atoms with Gasteiger partial charge in [0.25, 0.3) is 0 Å². The maximum atomic E-state index is 13.2. The van der Waals surface area contributed by atoms with Gasteiger partial charge in [-0.2, -0.15) is 0 Å². The van der Waals surface area contributed by atoms with Crippen molar-refractivity contribution in [3.05, 3.63) is 29.8 Å². The van der Waals surface area contributed by atoms with E-state index in [2.05, 4.69) is 5.32 Å². The lowest BCUT2D eigenvalue weighted by Gasteiger charge is -2.16. The molecule has 1 nitrogen and oxygen atoms in total. The van der Waals surface area contributed by atoms with E-state index in [9.17, 15) is 8.78 Å². The Labute approximate surface area is 83.1 Å². The minimum absolute atomic E-state index is 0.200. The Morgan fingerprint density at radius 2 is 1.86 bits per heavy atom. The van der Waals surface area contributed by atoms with Gasteiger partial charge in [0.15, 0.2) is 0 Å². The van der Waals surface area contributed by atoms with Crippen molar-refractivity contribution in [2.75, 3.05) is 5.32 Å². The number of hydrogen-bond acceptors (Lipinski definition) is 1. The van der Waals surface area contributed by atoms with Crippen LogP contribution in [0.15, 0.2) is 18.2 Å². The lowest BCUT2D eigenvalue weighted by Crippen LogP contribution is -2.17. The molecular weight excluding hydrogens is 184 g/mol. The summed E-state index contributed by atoms with van der Waals surface area (Å²) < 4.78 is 26.0. The Kier molecular flexibility index (Phi) is 3.86. The number of nitrogens with one attached hydrogen (secondary N) is 1. The summed E-state index contributed by atoms with van der Waals surface area (Å²) in [5.41, 5.74) is 0.249. The van der Waals surface area contributed by atoms with Gasteiger partial charge in [0.2, 0.25) is 0 Å². The predicted molar refractivity (Wildman–Crippen MR) is 54.4 cm³/mol. The van der Waals surface area contributed by atoms with E-state index in [0.717, 1.165) is 25.0 Å². The molecule has 3 heteroatoms. The van der Waals surface area contributed by atoms with Crippen LogP contribution in [-0.4, -0.2) is 6.04 Å². The molecule has 0 fully saturated rings. The molecule has 0 unspecified atom stereocenters. The molecule has 1 aromatic rings. The Morgan fingerprint density at radius 1 is 1.21 bits per heavy atom. The summed E-state index contributed by atoms with van der Waals surface area (Å²) in [7, 11) is 0. The molecule has 78 valence electrons. The highest BCUT2D eigenvalue weighted by Crippen LogP contribution is 2.17. The van der Waals surface area contributed by atoms with E-state index in [1.165, 1.54) is 6.07 Å². The largest absolute Gasteiger partial charge is 0.380 e. The molecule has 0 saturated carbocycles. The van der Waals surface area contributed by atoms with Crippen LogP contribution < -0.4 is 5.32 Å². The molecule has 1 rings (SSSR count). The average Bonchev–Trinajstić information content (AvgIpc) is 2.19. The van der Waals surface area contributed by atoms with Gasteiger partial charge in [0.1, 0.15) is 11.6 Å². The van der Waals surface area contributed by atoms with Gasteiger partial charge in [0, 0.05) is 6.04 Å². The van der Waals surface area contributed by atoms with Crippen LogP contribution in [0.2, 0.25) is 0 Å². The first-order valence-electron chi connectivity index (χ1n) is 4.89. The van der Waals surface area contributed by atoms with Crippen molar-refractivity contribution in [2.24, 2.45) is 0 Å². The van der Waals surface area contributed by atoms with E-state index >= 15 is 0 Å². The van der Waals surface area contributed by atoms with Crippen LogP contribution in [0.4, 0.5) is 14.5 Å². The standard InChI is InChI=1S/C11H15F2N/c1-3-9(4-2)14-11-7-8(12)5-6-10(11)13/h5-7,9,14H,3-4H2,1-2H3. The highest BCUT2D eigenvalue weighted by molar-refractivity contribution is 5.45. The maximum Gasteiger partial charge on any atom is 0.146 e. The second-order valence-corrected chi connectivity index (χ2v) is 3.28. The van der Waals surface area contributed by atoms with Crippen LogP contribution in [0.25, 0.3) is 0 Å². The van der Waals surface area contributed by atoms with E-state index in [1.54, 1.807) is 0 Å². The molecule has 0 amide bonds. The van der Waals surface area contributed by atoms with Crippen LogP contribution in [-0.2, 0) is 0 Å². The van der Waals surface area contributed by atoms with E-state index in [0.29, 0.717) is 0 Å². The van der Waals surface area contributed by atoms with Crippen LogP contribution in [0.3, 0.4) is 0 Å². The van der Waals surface area contributed by atoms with Gasteiger partial charge < -0.3 is 5.32 Å². The number of anilines is 1. The third-order valence-corrected chi connectivity index (χ3v) is 2.27. The molecule has 0 atom stereocenters. The normalized spacial score (nSPS) is 10.6. The van der Waals surface area contributed by atoms with Crippen molar-refractivity contribution in [1.82, 2.24) is 0 Å². The molecule has 14 heavy (non-hydrogen) atoms. The van der Waals surface area contributed by atoms with Gasteiger partial charge in [-0.3, -0.25) is 0 Å². The predicted octanol–water partition coefficient (Wildman–Crippen LogP) is 3.57. The van der Waals surface area contributed by atoms with Crippen molar-refractivity contribution in [3.63, 3.8) is 0 Å². The average molecular weight is 199 g/mol. The summed E-state index contributed by atoms with van der Waals surface area (Å²) in [5.74, 6) is -0.821. The minimum atomic E-state index is -0.417. The number of rotatable bonds is 4. The second kappa shape index (κ2) is 4.94. The summed E-state index contributed by atoms with van der Waals surface area (Å²) in [6.07, 6.45) is 1.79. The quantitative estimate of drug-likeness (QED) is 0.781. The summed E-state index contributed by atoms with van der Waals surface area (Å²) in [5, 5.41) is 2.97. The molecular formula is C11H15F2N. The molecule has 0 aliphatic heterocycles. The summed E-state index contributed by atoms with van der Waals surface area (Å²) >= 11 is 0. The Balaban J connectivity index is 2.79. The van der Waals surface area contributed by atoms with Gasteiger partial charge in [-0.1, -0.05) is 13.8 Å². The third-order valence-electron chi connectivity index (χ3n) is 2.27. The first-order chi connectivity index (χ1) is 6.67. The summed E-state index contributed by atoms with van der Waals surface area (Å²) in [6.45, 7) is 4.02. The fourth-order valence-electron chi connectivity index (χ4n) is 1.32. The number of halogens is 2. The monoisotopic (exact) mass is 199 g/mol. The van der Waals surface area contributed by atoms with E-state index < -0.39 is 11.6 Å². The first kappa shape index (κ1) is 11.0. The lowest BCUT2D eigenvalue weighted by atomic mass is 10.1. The van der Waals surface area contributed by atoms with Gasteiger partial charge in [-0.15, -0.1) is 0 Å². The SMILES string of the molecule is CCC(CC)Nc1cc(F)ccc1F. The highest BCUT2D eigenvalue weighted by atomic mass is 19.1. The van der Waals surface area contributed by atoms with Crippen molar-refractivity contribution in [3.8, 4) is 0 Å².